The predicted molar refractivity (Wildman–Crippen MR) is 41.1 cm³/mol. The van der Waals surface area contributed by atoms with Gasteiger partial charge in [0, 0.05) is 0 Å². The maximum atomic E-state index is 2.32. The van der Waals surface area contributed by atoms with Crippen LogP contribution in [0.4, 0.5) is 0 Å². The molecule has 0 aromatic carbocycles. The van der Waals surface area contributed by atoms with E-state index in [2.05, 4.69) is 9.88 Å². The SMILES string of the molecule is P.P.[CH3][SnH][CH3]. The molecule has 0 aromatic heterocycles. The summed E-state index contributed by atoms with van der Waals surface area (Å²) >= 11 is 0.110. The zero-order valence-electron chi connectivity index (χ0n) is 3.99. The number of hydrogen-bond acceptors (Lipinski definition) is 0. The van der Waals surface area contributed by atoms with Crippen molar-refractivity contribution in [2.24, 2.45) is 0 Å². The molecule has 35 valence electrons. The fourth-order valence-electron chi connectivity index (χ4n) is 0. The molecule has 1 radical (unpaired) electrons. The molecule has 0 aromatic rings. The normalized spacial score (nSPS) is 3.60. The van der Waals surface area contributed by atoms with Crippen LogP contribution in [0.2, 0.25) is 9.88 Å². The van der Waals surface area contributed by atoms with E-state index in [-0.39, 0.29) is 40.9 Å². The fraction of sp³-hybridized carbons (Fsp3) is 1.00. The van der Waals surface area contributed by atoms with Crippen molar-refractivity contribution in [3.63, 3.8) is 0 Å². The maximum absolute atomic E-state index is 2.32. The minimum atomic E-state index is 0. The van der Waals surface area contributed by atoms with Crippen LogP contribution in [0.1, 0.15) is 0 Å². The van der Waals surface area contributed by atoms with Crippen LogP contribution in [0.15, 0.2) is 0 Å². The molecule has 2 atom stereocenters. The topological polar surface area (TPSA) is 0 Å². The first-order chi connectivity index (χ1) is 1.41. The average molecular weight is 218 g/mol. The van der Waals surface area contributed by atoms with Crippen LogP contribution in [0, 0.1) is 0 Å². The van der Waals surface area contributed by atoms with Crippen molar-refractivity contribution in [1.82, 2.24) is 0 Å². The van der Waals surface area contributed by atoms with E-state index in [4.69, 9.17) is 0 Å². The van der Waals surface area contributed by atoms with Gasteiger partial charge in [0.25, 0.3) is 0 Å². The van der Waals surface area contributed by atoms with Crippen LogP contribution >= 0.6 is 19.8 Å². The molecule has 0 amide bonds. The second kappa shape index (κ2) is 17.4. The van der Waals surface area contributed by atoms with Crippen LogP contribution in [-0.4, -0.2) is 21.1 Å². The molecule has 0 aliphatic carbocycles. The van der Waals surface area contributed by atoms with Crippen molar-refractivity contribution >= 4 is 40.9 Å². The third kappa shape index (κ3) is 27.5. The molecular weight excluding hydrogens is 205 g/mol. The molecule has 0 spiro atoms. The first-order valence-electron chi connectivity index (χ1n) is 1.15. The van der Waals surface area contributed by atoms with E-state index in [1.54, 1.807) is 0 Å². The summed E-state index contributed by atoms with van der Waals surface area (Å²) in [6.45, 7) is 0. The number of hydrogen-bond donors (Lipinski definition) is 0. The monoisotopic (exact) mass is 219 g/mol. The molecule has 0 aliphatic rings. The summed E-state index contributed by atoms with van der Waals surface area (Å²) in [4.78, 5) is 4.63. The predicted octanol–water partition coefficient (Wildman–Crippen LogP) is 0.635. The zero-order chi connectivity index (χ0) is 2.71. The molecule has 0 bridgehead atoms. The Hall–Kier alpha value is 1.66. The van der Waals surface area contributed by atoms with Gasteiger partial charge in [-0.15, -0.1) is 0 Å². The molecule has 0 nitrogen and oxygen atoms in total. The van der Waals surface area contributed by atoms with Gasteiger partial charge in [-0.3, -0.25) is 0 Å². The Morgan fingerprint density at radius 2 is 1.00 bits per heavy atom. The van der Waals surface area contributed by atoms with E-state index in [1.807, 2.05) is 0 Å². The van der Waals surface area contributed by atoms with Gasteiger partial charge in [-0.1, -0.05) is 0 Å². The molecule has 5 heavy (non-hydrogen) atoms. The quantitative estimate of drug-likeness (QED) is 0.413. The van der Waals surface area contributed by atoms with E-state index in [9.17, 15) is 0 Å². The second-order valence-corrected chi connectivity index (χ2v) is 3.87. The van der Waals surface area contributed by atoms with Crippen molar-refractivity contribution in [3.8, 4) is 0 Å². The van der Waals surface area contributed by atoms with Gasteiger partial charge in [0.05, 0.1) is 0 Å². The third-order valence-corrected chi connectivity index (χ3v) is 0. The second-order valence-electron chi connectivity index (χ2n) is 0.577. The standard InChI is InChI=1S/2CH3.2H3P.Sn.H/h4*1H3;;. The Bertz CT molecular complexity index is 7.61. The summed E-state index contributed by atoms with van der Waals surface area (Å²) in [6.07, 6.45) is 0. The molecule has 0 heterocycles. The first-order valence-corrected chi connectivity index (χ1v) is 7.75. The van der Waals surface area contributed by atoms with Crippen molar-refractivity contribution in [1.29, 1.82) is 0 Å². The van der Waals surface area contributed by atoms with E-state index in [1.165, 1.54) is 0 Å². The summed E-state index contributed by atoms with van der Waals surface area (Å²) in [6, 6.07) is 0. The Kier molecular flexibility index (Phi) is 55.3. The van der Waals surface area contributed by atoms with Crippen LogP contribution in [-0.2, 0) is 0 Å². The van der Waals surface area contributed by atoms with Gasteiger partial charge in [-0.25, -0.2) is 0 Å². The van der Waals surface area contributed by atoms with E-state index >= 15 is 0 Å². The summed E-state index contributed by atoms with van der Waals surface area (Å²) in [7, 11) is 0. The first kappa shape index (κ1) is 15.9. The summed E-state index contributed by atoms with van der Waals surface area (Å²) in [5.74, 6) is 0. The van der Waals surface area contributed by atoms with Crippen LogP contribution in [0.3, 0.4) is 0 Å². The summed E-state index contributed by atoms with van der Waals surface area (Å²) in [5.41, 5.74) is 0. The Morgan fingerprint density at radius 1 is 1.00 bits per heavy atom. The van der Waals surface area contributed by atoms with Crippen LogP contribution in [0.5, 0.6) is 0 Å². The van der Waals surface area contributed by atoms with Gasteiger partial charge in [-0.2, -0.15) is 19.8 Å². The molecule has 0 N–H and O–H groups in total. The average Bonchev–Trinajstić information content (AvgIpc) is 0.918. The molecule has 0 fully saturated rings. The van der Waals surface area contributed by atoms with Crippen LogP contribution in [0.25, 0.3) is 0 Å². The molecule has 2 unspecified atom stereocenters. The molecule has 0 aliphatic heterocycles. The van der Waals surface area contributed by atoms with E-state index in [0.29, 0.717) is 0 Å². The molecular formula is C2H13P2Sn. The van der Waals surface area contributed by atoms with Crippen molar-refractivity contribution < 1.29 is 0 Å². The molecule has 0 saturated heterocycles. The van der Waals surface area contributed by atoms with Gasteiger partial charge in [-0.05, 0) is 0 Å². The minimum absolute atomic E-state index is 0. The zero-order valence-corrected chi connectivity index (χ0v) is 10.1. The van der Waals surface area contributed by atoms with E-state index < -0.39 is 0 Å². The van der Waals surface area contributed by atoms with Gasteiger partial charge >= 0.3 is 31.0 Å². The van der Waals surface area contributed by atoms with Gasteiger partial charge in [0.1, 0.15) is 0 Å². The Balaban J connectivity index is -0.0000000200. The summed E-state index contributed by atoms with van der Waals surface area (Å²) in [5, 5.41) is 0. The Morgan fingerprint density at radius 3 is 1.00 bits per heavy atom. The Labute approximate surface area is 51.0 Å². The molecule has 3 heteroatoms. The van der Waals surface area contributed by atoms with Gasteiger partial charge in [0.2, 0.25) is 0 Å². The number of rotatable bonds is 0. The van der Waals surface area contributed by atoms with Crippen LogP contribution < -0.4 is 0 Å². The summed E-state index contributed by atoms with van der Waals surface area (Å²) < 4.78 is 0. The van der Waals surface area contributed by atoms with Crippen molar-refractivity contribution in [2.75, 3.05) is 0 Å². The molecule has 0 saturated carbocycles. The molecule has 0 rings (SSSR count). The third-order valence-electron chi connectivity index (χ3n) is 0. The van der Waals surface area contributed by atoms with Crippen molar-refractivity contribution in [3.05, 3.63) is 0 Å². The van der Waals surface area contributed by atoms with Gasteiger partial charge < -0.3 is 0 Å². The van der Waals surface area contributed by atoms with Gasteiger partial charge in [0.15, 0.2) is 0 Å². The van der Waals surface area contributed by atoms with E-state index in [0.717, 1.165) is 0 Å². The fourth-order valence-corrected chi connectivity index (χ4v) is 0. The van der Waals surface area contributed by atoms with Crippen molar-refractivity contribution in [2.45, 2.75) is 9.88 Å².